The van der Waals surface area contributed by atoms with Crippen molar-refractivity contribution in [1.82, 2.24) is 15.5 Å². The Balaban J connectivity index is 1.34. The molecule has 1 N–H and O–H groups in total. The van der Waals surface area contributed by atoms with E-state index in [1.54, 1.807) is 35.6 Å². The average Bonchev–Trinajstić information content (AvgIpc) is 3.36. The van der Waals surface area contributed by atoms with Gasteiger partial charge in [-0.2, -0.15) is 10.2 Å². The fraction of sp³-hybridized carbons (Fsp3) is 0.263. The van der Waals surface area contributed by atoms with Crippen molar-refractivity contribution in [3.63, 3.8) is 0 Å². The van der Waals surface area contributed by atoms with Crippen molar-refractivity contribution in [3.8, 4) is 16.8 Å². The van der Waals surface area contributed by atoms with E-state index < -0.39 is 0 Å². The van der Waals surface area contributed by atoms with E-state index >= 15 is 0 Å². The SMILES string of the molecule is N#Cc1cccc(C(=O)NCCCCCc2nc(-c3cccs3)no2)c1. The van der Waals surface area contributed by atoms with E-state index in [1.807, 2.05) is 23.6 Å². The van der Waals surface area contributed by atoms with Crippen LogP contribution in [0.15, 0.2) is 46.3 Å². The maximum atomic E-state index is 12.0. The summed E-state index contributed by atoms with van der Waals surface area (Å²) in [5.74, 6) is 1.13. The second-order valence-corrected chi connectivity index (χ2v) is 6.70. The van der Waals surface area contributed by atoms with Gasteiger partial charge in [0.1, 0.15) is 0 Å². The average molecular weight is 366 g/mol. The summed E-state index contributed by atoms with van der Waals surface area (Å²) in [5, 5.41) is 17.7. The Kier molecular flexibility index (Phi) is 6.12. The Morgan fingerprint density at radius 1 is 1.23 bits per heavy atom. The van der Waals surface area contributed by atoms with Crippen LogP contribution >= 0.6 is 11.3 Å². The van der Waals surface area contributed by atoms with Gasteiger partial charge < -0.3 is 9.84 Å². The highest BCUT2D eigenvalue weighted by Gasteiger charge is 2.09. The van der Waals surface area contributed by atoms with Crippen LogP contribution in [0.3, 0.4) is 0 Å². The van der Waals surface area contributed by atoms with Crippen molar-refractivity contribution >= 4 is 17.2 Å². The number of aryl methyl sites for hydroxylation is 1. The number of amides is 1. The minimum Gasteiger partial charge on any atom is -0.352 e. The van der Waals surface area contributed by atoms with E-state index in [1.165, 1.54) is 0 Å². The molecule has 3 rings (SSSR count). The molecular formula is C19H18N4O2S. The van der Waals surface area contributed by atoms with Crippen LogP contribution in [0.5, 0.6) is 0 Å². The fourth-order valence-corrected chi connectivity index (χ4v) is 3.12. The predicted octanol–water partition coefficient (Wildman–Crippen LogP) is 3.81. The number of hydrogen-bond donors (Lipinski definition) is 1. The van der Waals surface area contributed by atoms with Crippen molar-refractivity contribution in [3.05, 3.63) is 58.8 Å². The summed E-state index contributed by atoms with van der Waals surface area (Å²) in [4.78, 5) is 17.4. The standard InChI is InChI=1S/C19H18N4O2S/c20-13-14-6-4-7-15(12-14)19(24)21-10-3-1-2-9-17-22-18(23-25-17)16-8-5-11-26-16/h4-8,11-12H,1-3,9-10H2,(H,21,24). The number of nitriles is 1. The molecule has 0 spiro atoms. The molecule has 0 aliphatic rings. The summed E-state index contributed by atoms with van der Waals surface area (Å²) in [5.41, 5.74) is 0.996. The molecule has 0 saturated heterocycles. The highest BCUT2D eigenvalue weighted by atomic mass is 32.1. The maximum absolute atomic E-state index is 12.0. The molecule has 0 fully saturated rings. The van der Waals surface area contributed by atoms with Crippen molar-refractivity contribution < 1.29 is 9.32 Å². The van der Waals surface area contributed by atoms with Crippen LogP contribution in [0.2, 0.25) is 0 Å². The number of carbonyl (C=O) groups is 1. The molecule has 0 unspecified atom stereocenters. The Bertz CT molecular complexity index is 896. The Morgan fingerprint density at radius 2 is 2.15 bits per heavy atom. The number of thiophene rings is 1. The minimum absolute atomic E-state index is 0.153. The normalized spacial score (nSPS) is 10.4. The van der Waals surface area contributed by atoms with Crippen LogP contribution in [0.4, 0.5) is 0 Å². The van der Waals surface area contributed by atoms with Crippen molar-refractivity contribution in [1.29, 1.82) is 5.26 Å². The molecule has 0 atom stereocenters. The lowest BCUT2D eigenvalue weighted by Gasteiger charge is -2.05. The van der Waals surface area contributed by atoms with Crippen LogP contribution in [0.1, 0.15) is 41.1 Å². The molecule has 3 aromatic rings. The Labute approximate surface area is 155 Å². The molecule has 0 radical (unpaired) electrons. The van der Waals surface area contributed by atoms with Gasteiger partial charge in [-0.15, -0.1) is 11.3 Å². The number of unbranched alkanes of at least 4 members (excludes halogenated alkanes) is 2. The molecule has 0 aliphatic carbocycles. The van der Waals surface area contributed by atoms with Crippen molar-refractivity contribution in [2.75, 3.05) is 6.54 Å². The van der Waals surface area contributed by atoms with Gasteiger partial charge in [-0.3, -0.25) is 4.79 Å². The van der Waals surface area contributed by atoms with E-state index in [0.717, 1.165) is 30.6 Å². The zero-order valence-corrected chi connectivity index (χ0v) is 15.0. The molecule has 6 nitrogen and oxygen atoms in total. The van der Waals surface area contributed by atoms with Crippen LogP contribution in [0.25, 0.3) is 10.7 Å². The zero-order chi connectivity index (χ0) is 18.2. The molecule has 2 heterocycles. The highest BCUT2D eigenvalue weighted by Crippen LogP contribution is 2.21. The summed E-state index contributed by atoms with van der Waals surface area (Å²) in [6.45, 7) is 0.597. The fourth-order valence-electron chi connectivity index (χ4n) is 2.47. The predicted molar refractivity (Wildman–Crippen MR) is 98.7 cm³/mol. The first-order chi connectivity index (χ1) is 12.8. The molecule has 1 aromatic carbocycles. The van der Waals surface area contributed by atoms with Gasteiger partial charge in [0.2, 0.25) is 11.7 Å². The second kappa shape index (κ2) is 8.92. The van der Waals surface area contributed by atoms with Gasteiger partial charge in [0.25, 0.3) is 5.91 Å². The largest absolute Gasteiger partial charge is 0.352 e. The van der Waals surface area contributed by atoms with E-state index in [2.05, 4.69) is 15.5 Å². The molecule has 2 aromatic heterocycles. The van der Waals surface area contributed by atoms with Gasteiger partial charge in [-0.1, -0.05) is 23.7 Å². The Morgan fingerprint density at radius 3 is 2.96 bits per heavy atom. The molecule has 0 saturated carbocycles. The first-order valence-electron chi connectivity index (χ1n) is 8.41. The first kappa shape index (κ1) is 17.8. The minimum atomic E-state index is -0.153. The molecule has 132 valence electrons. The van der Waals surface area contributed by atoms with Crippen LogP contribution in [0, 0.1) is 11.3 Å². The van der Waals surface area contributed by atoms with Crippen molar-refractivity contribution in [2.45, 2.75) is 25.7 Å². The monoisotopic (exact) mass is 366 g/mol. The number of nitrogens with one attached hydrogen (secondary N) is 1. The summed E-state index contributed by atoms with van der Waals surface area (Å²) in [6.07, 6.45) is 3.48. The second-order valence-electron chi connectivity index (χ2n) is 5.75. The summed E-state index contributed by atoms with van der Waals surface area (Å²) in [6, 6.07) is 12.6. The Hall–Kier alpha value is -2.98. The smallest absolute Gasteiger partial charge is 0.251 e. The number of benzene rings is 1. The molecule has 7 heteroatoms. The van der Waals surface area contributed by atoms with Crippen LogP contribution < -0.4 is 5.32 Å². The van der Waals surface area contributed by atoms with Crippen LogP contribution in [-0.2, 0) is 6.42 Å². The van der Waals surface area contributed by atoms with Gasteiger partial charge in [-0.05, 0) is 42.5 Å². The van der Waals surface area contributed by atoms with E-state index in [9.17, 15) is 4.79 Å². The quantitative estimate of drug-likeness (QED) is 0.612. The first-order valence-corrected chi connectivity index (χ1v) is 9.29. The number of nitrogens with zero attached hydrogens (tertiary/aromatic N) is 3. The lowest BCUT2D eigenvalue weighted by molar-refractivity contribution is 0.0953. The van der Waals surface area contributed by atoms with Gasteiger partial charge in [0.05, 0.1) is 16.5 Å². The lowest BCUT2D eigenvalue weighted by atomic mass is 10.1. The topological polar surface area (TPSA) is 91.8 Å². The van der Waals surface area contributed by atoms with Gasteiger partial charge in [0.15, 0.2) is 0 Å². The van der Waals surface area contributed by atoms with Gasteiger partial charge >= 0.3 is 0 Å². The number of carbonyl (C=O) groups excluding carboxylic acids is 1. The van der Waals surface area contributed by atoms with E-state index in [0.29, 0.717) is 29.4 Å². The third-order valence-corrected chi connectivity index (χ3v) is 4.68. The lowest BCUT2D eigenvalue weighted by Crippen LogP contribution is -2.24. The van der Waals surface area contributed by atoms with Crippen molar-refractivity contribution in [2.24, 2.45) is 0 Å². The molecule has 26 heavy (non-hydrogen) atoms. The van der Waals surface area contributed by atoms with Gasteiger partial charge in [-0.25, -0.2) is 0 Å². The van der Waals surface area contributed by atoms with E-state index in [-0.39, 0.29) is 5.91 Å². The summed E-state index contributed by atoms with van der Waals surface area (Å²) < 4.78 is 5.26. The highest BCUT2D eigenvalue weighted by molar-refractivity contribution is 7.13. The van der Waals surface area contributed by atoms with E-state index in [4.69, 9.17) is 9.78 Å². The third kappa shape index (κ3) is 4.77. The molecule has 0 bridgehead atoms. The summed E-state index contributed by atoms with van der Waals surface area (Å²) >= 11 is 1.58. The van der Waals surface area contributed by atoms with Gasteiger partial charge in [0, 0.05) is 18.5 Å². The van der Waals surface area contributed by atoms with Crippen LogP contribution in [-0.4, -0.2) is 22.6 Å². The number of aromatic nitrogens is 2. The summed E-state index contributed by atoms with van der Waals surface area (Å²) in [7, 11) is 0. The maximum Gasteiger partial charge on any atom is 0.251 e. The molecule has 1 amide bonds. The zero-order valence-electron chi connectivity index (χ0n) is 14.1. The molecular weight excluding hydrogens is 348 g/mol. The third-order valence-electron chi connectivity index (χ3n) is 3.82. The number of hydrogen-bond acceptors (Lipinski definition) is 6. The molecule has 0 aliphatic heterocycles. The number of rotatable bonds is 8.